The molecule has 1 spiro atoms. The summed E-state index contributed by atoms with van der Waals surface area (Å²) in [4.78, 5) is 53.1. The van der Waals surface area contributed by atoms with Crippen molar-refractivity contribution in [1.29, 1.82) is 0 Å². The summed E-state index contributed by atoms with van der Waals surface area (Å²) in [5.74, 6) is 3.24. The summed E-state index contributed by atoms with van der Waals surface area (Å²) in [6.07, 6.45) is 1.27. The summed E-state index contributed by atoms with van der Waals surface area (Å²) in [5.41, 5.74) is 4.28. The first-order valence-corrected chi connectivity index (χ1v) is 30.2. The molecule has 6 aromatic rings. The average molecular weight is 1230 g/mol. The minimum atomic E-state index is -0.692. The number of carbonyl (C=O) groups is 2. The maximum atomic E-state index is 14.4. The van der Waals surface area contributed by atoms with Crippen molar-refractivity contribution < 1.29 is 95.5 Å². The quantitative estimate of drug-likeness (QED) is 0.00963. The van der Waals surface area contributed by atoms with E-state index in [1.807, 2.05) is 72.8 Å². The molecular weight excluding hydrogens is 1150 g/mol. The Kier molecular flexibility index (Phi) is 19.6. The van der Waals surface area contributed by atoms with E-state index in [0.29, 0.717) is 145 Å². The molecule has 4 fully saturated rings. The Bertz CT molecular complexity index is 3330. The fraction of sp³-hybridized carbons (Fsp3) is 0.449. The van der Waals surface area contributed by atoms with Crippen molar-refractivity contribution in [3.8, 4) is 46.0 Å². The fourth-order valence-electron chi connectivity index (χ4n) is 11.8. The summed E-state index contributed by atoms with van der Waals surface area (Å²) >= 11 is 0. The second kappa shape index (κ2) is 28.2. The Morgan fingerprint density at radius 3 is 1.00 bits per heavy atom. The molecule has 6 aliphatic rings. The molecule has 4 heterocycles. The van der Waals surface area contributed by atoms with Crippen molar-refractivity contribution in [2.24, 2.45) is 23.7 Å². The minimum Gasteiger partial charge on any atom is -0.468 e. The van der Waals surface area contributed by atoms with Crippen molar-refractivity contribution >= 4 is 11.9 Å². The zero-order valence-corrected chi connectivity index (χ0v) is 50.7. The van der Waals surface area contributed by atoms with Crippen molar-refractivity contribution in [3.63, 3.8) is 0 Å². The van der Waals surface area contributed by atoms with Gasteiger partial charge in [-0.05, 0) is 154 Å². The molecule has 20 heteroatoms. The number of hydrogen-bond acceptors (Lipinski definition) is 20. The van der Waals surface area contributed by atoms with Crippen LogP contribution >= 0.6 is 0 Å². The molecular formula is C69H76O20. The molecule has 0 N–H and O–H groups in total. The van der Waals surface area contributed by atoms with Crippen LogP contribution in [0.25, 0.3) is 0 Å². The lowest BCUT2D eigenvalue weighted by Crippen LogP contribution is -2.32. The largest absolute Gasteiger partial charge is 0.468 e. The van der Waals surface area contributed by atoms with Gasteiger partial charge in [-0.2, -0.15) is 9.78 Å². The zero-order valence-electron chi connectivity index (χ0n) is 50.7. The van der Waals surface area contributed by atoms with E-state index >= 15 is 0 Å². The van der Waals surface area contributed by atoms with Gasteiger partial charge in [0.1, 0.15) is 36.2 Å². The Morgan fingerprint density at radius 1 is 0.393 bits per heavy atom. The molecule has 12 rings (SSSR count). The van der Waals surface area contributed by atoms with E-state index in [0.717, 1.165) is 33.4 Å². The van der Waals surface area contributed by atoms with Crippen LogP contribution in [0.5, 0.6) is 46.0 Å². The van der Waals surface area contributed by atoms with E-state index in [1.54, 1.807) is 48.5 Å². The second-order valence-electron chi connectivity index (χ2n) is 24.8. The van der Waals surface area contributed by atoms with Crippen LogP contribution in [0.3, 0.4) is 0 Å². The maximum Gasteiger partial charge on any atom is 0.343 e. The van der Waals surface area contributed by atoms with Crippen LogP contribution in [0.15, 0.2) is 121 Å². The molecule has 4 aliphatic heterocycles. The molecule has 472 valence electrons. The van der Waals surface area contributed by atoms with E-state index in [1.165, 1.54) is 0 Å². The van der Waals surface area contributed by atoms with E-state index in [4.69, 9.17) is 85.9 Å². The SMILES string of the molecule is CC1(C)CC2(CC(C)(C)c3cc(OC(=O)c4ccc(OCOCC5COC5)cc4)c(OC(=O)c4ccc(OCOCC5COC5)cc4)cc32)c2cc(OOCc3ccc(OCOCC4COC4)cc3)c(OOCc3ccc(OCOCC4COC4)cc3)cc21. The van der Waals surface area contributed by atoms with Crippen LogP contribution in [-0.4, -0.2) is 118 Å². The van der Waals surface area contributed by atoms with Crippen LogP contribution in [0.1, 0.15) is 94.6 Å². The lowest BCUT2D eigenvalue weighted by molar-refractivity contribution is -0.239. The third-order valence-corrected chi connectivity index (χ3v) is 16.8. The highest BCUT2D eigenvalue weighted by Crippen LogP contribution is 2.65. The van der Waals surface area contributed by atoms with Gasteiger partial charge < -0.3 is 76.1 Å². The third-order valence-electron chi connectivity index (χ3n) is 16.8. The molecule has 2 aliphatic carbocycles. The van der Waals surface area contributed by atoms with Crippen LogP contribution in [0.2, 0.25) is 0 Å². The van der Waals surface area contributed by atoms with E-state index in [9.17, 15) is 9.59 Å². The van der Waals surface area contributed by atoms with Crippen molar-refractivity contribution in [3.05, 3.63) is 166 Å². The first-order valence-electron chi connectivity index (χ1n) is 30.2. The molecule has 0 aromatic heterocycles. The van der Waals surface area contributed by atoms with E-state index < -0.39 is 28.2 Å². The number of esters is 2. The van der Waals surface area contributed by atoms with Gasteiger partial charge in [-0.15, -0.1) is 0 Å². The Hall–Kier alpha value is -7.34. The van der Waals surface area contributed by atoms with Crippen LogP contribution in [-0.2, 0) is 77.1 Å². The highest BCUT2D eigenvalue weighted by Gasteiger charge is 2.57. The molecule has 1 unspecified atom stereocenters. The van der Waals surface area contributed by atoms with Crippen LogP contribution in [0, 0.1) is 23.7 Å². The van der Waals surface area contributed by atoms with Crippen LogP contribution < -0.4 is 38.2 Å². The predicted octanol–water partition coefficient (Wildman–Crippen LogP) is 10.8. The Balaban J connectivity index is 0.809. The van der Waals surface area contributed by atoms with Gasteiger partial charge in [0, 0.05) is 29.1 Å². The fourth-order valence-corrected chi connectivity index (χ4v) is 11.8. The standard InChI is InChI=1S/C69H76O20/c1-67(2)39-69(59-23-62(87-66(71)52-11-19-56(20-12-52)83-44-79-36-50-31-75-32-50)61(21-57(59)67)86-65(70)51-9-17-55(18-10-51)82-43-78-35-49-29-74-30-49)40-68(3,4)58-22-63(88-84-37-45-5-13-53(14-6-45)80-41-76-33-47-25-72-26-47)64(24-60(58)69)89-85-38-46-7-15-54(16-8-46)81-42-77-34-48-27-73-28-48/h5-24,47-50H,25-44H2,1-4H3. The molecule has 20 nitrogen and oxygen atoms in total. The van der Waals surface area contributed by atoms with Gasteiger partial charge in [-0.25, -0.2) is 9.59 Å². The van der Waals surface area contributed by atoms with Gasteiger partial charge in [-0.3, -0.25) is 0 Å². The van der Waals surface area contributed by atoms with Gasteiger partial charge in [0.15, 0.2) is 38.7 Å². The molecule has 6 aromatic carbocycles. The number of rotatable bonds is 32. The number of fused-ring (bicyclic) bond motifs is 4. The molecule has 0 saturated carbocycles. The normalized spacial score (nSPS) is 19.0. The van der Waals surface area contributed by atoms with Gasteiger partial charge in [0.05, 0.1) is 90.4 Å². The maximum absolute atomic E-state index is 14.4. The number of benzene rings is 6. The lowest BCUT2D eigenvalue weighted by Gasteiger charge is -2.30. The van der Waals surface area contributed by atoms with E-state index in [2.05, 4.69) is 27.7 Å². The van der Waals surface area contributed by atoms with Gasteiger partial charge in [0.25, 0.3) is 0 Å². The third kappa shape index (κ3) is 15.3. The molecule has 1 atom stereocenters. The predicted molar refractivity (Wildman–Crippen MR) is 318 cm³/mol. The summed E-state index contributed by atoms with van der Waals surface area (Å²) in [7, 11) is 0. The molecule has 4 saturated heterocycles. The minimum absolute atomic E-state index is 0.0469. The van der Waals surface area contributed by atoms with Crippen molar-refractivity contribution in [2.75, 3.05) is 106 Å². The highest BCUT2D eigenvalue weighted by atomic mass is 17.2. The number of carbonyl (C=O) groups excluding carboxylic acids is 2. The van der Waals surface area contributed by atoms with Gasteiger partial charge in [-0.1, -0.05) is 52.0 Å². The summed E-state index contributed by atoms with van der Waals surface area (Å²) < 4.78 is 79.4. The van der Waals surface area contributed by atoms with Crippen molar-refractivity contribution in [2.45, 2.75) is 70.0 Å². The smallest absolute Gasteiger partial charge is 0.343 e. The van der Waals surface area contributed by atoms with Crippen LogP contribution in [0.4, 0.5) is 0 Å². The number of ether oxygens (including phenoxy) is 14. The summed E-state index contributed by atoms with van der Waals surface area (Å²) in [6.45, 7) is 17.1. The lowest BCUT2D eigenvalue weighted by atomic mass is 9.72. The first-order chi connectivity index (χ1) is 43.3. The van der Waals surface area contributed by atoms with E-state index in [-0.39, 0.29) is 68.8 Å². The second-order valence-corrected chi connectivity index (χ2v) is 24.8. The van der Waals surface area contributed by atoms with Gasteiger partial charge in [0.2, 0.25) is 11.5 Å². The van der Waals surface area contributed by atoms with Gasteiger partial charge >= 0.3 is 11.9 Å². The molecule has 0 bridgehead atoms. The first kappa shape index (κ1) is 61.9. The average Bonchev–Trinajstić information content (AvgIpc) is 1.53. The Morgan fingerprint density at radius 2 is 0.685 bits per heavy atom. The van der Waals surface area contributed by atoms with Crippen molar-refractivity contribution in [1.82, 2.24) is 0 Å². The zero-order chi connectivity index (χ0) is 61.2. The topological polar surface area (TPSA) is 200 Å². The molecule has 89 heavy (non-hydrogen) atoms. The summed E-state index contributed by atoms with van der Waals surface area (Å²) in [6, 6.07) is 35.8. The molecule has 0 radical (unpaired) electrons. The summed E-state index contributed by atoms with van der Waals surface area (Å²) in [5, 5.41) is 0. The monoisotopic (exact) mass is 1220 g/mol. The molecule has 0 amide bonds. The Labute approximate surface area is 517 Å². The number of hydrogen-bond donors (Lipinski definition) is 0. The highest BCUT2D eigenvalue weighted by molar-refractivity contribution is 5.93.